The molecule has 0 aliphatic carbocycles. The molecular weight excluding hydrogens is 337 g/mol. The summed E-state index contributed by atoms with van der Waals surface area (Å²) in [5, 5.41) is 13.1. The molecule has 1 heterocycles. The third kappa shape index (κ3) is 5.59. The van der Waals surface area contributed by atoms with Gasteiger partial charge in [-0.25, -0.2) is 0 Å². The lowest BCUT2D eigenvalue weighted by atomic mass is 10.00. The predicted molar refractivity (Wildman–Crippen MR) is 93.2 cm³/mol. The van der Waals surface area contributed by atoms with Crippen molar-refractivity contribution in [3.8, 4) is 0 Å². The van der Waals surface area contributed by atoms with Crippen molar-refractivity contribution in [2.75, 3.05) is 26.3 Å². The molecule has 130 valence electrons. The summed E-state index contributed by atoms with van der Waals surface area (Å²) in [5.41, 5.74) is 2.03. The third-order valence-corrected chi connectivity index (χ3v) is 4.80. The van der Waals surface area contributed by atoms with E-state index in [4.69, 9.17) is 37.8 Å². The third-order valence-electron chi connectivity index (χ3n) is 3.98. The molecule has 0 bridgehead atoms. The summed E-state index contributed by atoms with van der Waals surface area (Å²) in [7, 11) is 0. The Bertz CT molecular complexity index is 493. The van der Waals surface area contributed by atoms with E-state index >= 15 is 0 Å². The van der Waals surface area contributed by atoms with Crippen molar-refractivity contribution in [3.05, 3.63) is 33.3 Å². The van der Waals surface area contributed by atoms with Gasteiger partial charge in [-0.3, -0.25) is 0 Å². The molecule has 1 aromatic carbocycles. The molecule has 2 atom stereocenters. The second kappa shape index (κ2) is 9.82. The van der Waals surface area contributed by atoms with Gasteiger partial charge in [0.05, 0.1) is 22.8 Å². The highest BCUT2D eigenvalue weighted by atomic mass is 35.5. The minimum atomic E-state index is -0.183. The summed E-state index contributed by atoms with van der Waals surface area (Å²) < 4.78 is 11.7. The average Bonchev–Trinajstić information content (AvgIpc) is 2.55. The van der Waals surface area contributed by atoms with Crippen LogP contribution in [0.15, 0.2) is 12.1 Å². The maximum atomic E-state index is 8.83. The van der Waals surface area contributed by atoms with Crippen LogP contribution in [0.3, 0.4) is 0 Å². The Morgan fingerprint density at radius 2 is 2.17 bits per heavy atom. The maximum absolute atomic E-state index is 8.83. The van der Waals surface area contributed by atoms with Crippen LogP contribution in [0.1, 0.15) is 43.4 Å². The molecule has 1 aromatic rings. The molecule has 0 radical (unpaired) electrons. The van der Waals surface area contributed by atoms with Crippen molar-refractivity contribution in [1.82, 2.24) is 5.32 Å². The topological polar surface area (TPSA) is 50.7 Å². The van der Waals surface area contributed by atoms with E-state index in [-0.39, 0.29) is 19.0 Å². The number of benzene rings is 1. The number of rotatable bonds is 8. The van der Waals surface area contributed by atoms with Crippen molar-refractivity contribution in [3.63, 3.8) is 0 Å². The summed E-state index contributed by atoms with van der Waals surface area (Å²) in [6, 6.07) is 3.81. The monoisotopic (exact) mass is 361 g/mol. The number of aliphatic hydroxyl groups is 1. The molecule has 1 fully saturated rings. The zero-order chi connectivity index (χ0) is 16.7. The Hall–Kier alpha value is -0.360. The number of aliphatic hydroxyl groups excluding tert-OH is 1. The van der Waals surface area contributed by atoms with Crippen LogP contribution in [-0.4, -0.2) is 37.7 Å². The van der Waals surface area contributed by atoms with Gasteiger partial charge in [0, 0.05) is 18.7 Å². The first-order chi connectivity index (χ1) is 11.1. The molecule has 1 saturated heterocycles. The van der Waals surface area contributed by atoms with Crippen molar-refractivity contribution in [2.24, 2.45) is 0 Å². The van der Waals surface area contributed by atoms with E-state index in [9.17, 15) is 0 Å². The molecule has 23 heavy (non-hydrogen) atoms. The van der Waals surface area contributed by atoms with Gasteiger partial charge in [-0.05, 0) is 50.8 Å². The van der Waals surface area contributed by atoms with Gasteiger partial charge in [0.1, 0.15) is 0 Å². The summed E-state index contributed by atoms with van der Waals surface area (Å²) in [6.45, 7) is 4.21. The van der Waals surface area contributed by atoms with E-state index in [1.165, 1.54) is 0 Å². The predicted octanol–water partition coefficient (Wildman–Crippen LogP) is 3.72. The van der Waals surface area contributed by atoms with Crippen LogP contribution in [0.2, 0.25) is 10.0 Å². The van der Waals surface area contributed by atoms with Crippen LogP contribution >= 0.6 is 23.2 Å². The quantitative estimate of drug-likeness (QED) is 0.692. The standard InChI is InChI=1S/C17H25Cl2NO3/c1-12(23-15-4-2-3-11-22-15)16-13(7-8-20-9-10-21)5-6-14(18)17(16)19/h5-6,12,15,20-21H,2-4,7-11H2,1H3. The zero-order valence-electron chi connectivity index (χ0n) is 13.5. The van der Waals surface area contributed by atoms with Gasteiger partial charge in [0.15, 0.2) is 6.29 Å². The van der Waals surface area contributed by atoms with Crippen LogP contribution in [0.25, 0.3) is 0 Å². The Balaban J connectivity index is 2.08. The van der Waals surface area contributed by atoms with Gasteiger partial charge in [-0.2, -0.15) is 0 Å². The van der Waals surface area contributed by atoms with Crippen LogP contribution in [0.5, 0.6) is 0 Å². The van der Waals surface area contributed by atoms with Crippen LogP contribution in [0.4, 0.5) is 0 Å². The lowest BCUT2D eigenvalue weighted by Gasteiger charge is -2.28. The lowest BCUT2D eigenvalue weighted by Crippen LogP contribution is -2.25. The molecule has 0 spiro atoms. The Kier molecular flexibility index (Phi) is 8.10. The molecule has 1 aliphatic heterocycles. The summed E-state index contributed by atoms with van der Waals surface area (Å²) >= 11 is 12.6. The number of hydrogen-bond donors (Lipinski definition) is 2. The van der Waals surface area contributed by atoms with E-state index in [1.807, 2.05) is 19.1 Å². The fourth-order valence-electron chi connectivity index (χ4n) is 2.81. The van der Waals surface area contributed by atoms with E-state index in [0.717, 1.165) is 50.0 Å². The first kappa shape index (κ1) is 19.0. The fourth-order valence-corrected chi connectivity index (χ4v) is 3.31. The smallest absolute Gasteiger partial charge is 0.158 e. The fraction of sp³-hybridized carbons (Fsp3) is 0.647. The molecule has 0 amide bonds. The maximum Gasteiger partial charge on any atom is 0.158 e. The molecule has 0 saturated carbocycles. The summed E-state index contributed by atoms with van der Waals surface area (Å²) in [6.07, 6.45) is 3.57. The molecule has 2 unspecified atom stereocenters. The van der Waals surface area contributed by atoms with E-state index < -0.39 is 0 Å². The first-order valence-corrected chi connectivity index (χ1v) is 8.94. The Morgan fingerprint density at radius 1 is 1.35 bits per heavy atom. The molecule has 6 heteroatoms. The molecule has 4 nitrogen and oxygen atoms in total. The minimum absolute atomic E-state index is 0.132. The highest BCUT2D eigenvalue weighted by molar-refractivity contribution is 6.42. The summed E-state index contributed by atoms with van der Waals surface area (Å²) in [4.78, 5) is 0. The van der Waals surface area contributed by atoms with Crippen molar-refractivity contribution < 1.29 is 14.6 Å². The number of ether oxygens (including phenoxy) is 2. The Morgan fingerprint density at radius 3 is 2.87 bits per heavy atom. The van der Waals surface area contributed by atoms with Crippen molar-refractivity contribution >= 4 is 23.2 Å². The highest BCUT2D eigenvalue weighted by Gasteiger charge is 2.22. The molecule has 2 N–H and O–H groups in total. The van der Waals surface area contributed by atoms with Crippen LogP contribution in [-0.2, 0) is 15.9 Å². The number of hydrogen-bond acceptors (Lipinski definition) is 4. The average molecular weight is 362 g/mol. The minimum Gasteiger partial charge on any atom is -0.395 e. The number of halogens is 2. The van der Waals surface area contributed by atoms with E-state index in [1.54, 1.807) is 0 Å². The van der Waals surface area contributed by atoms with Gasteiger partial charge >= 0.3 is 0 Å². The first-order valence-electron chi connectivity index (χ1n) is 8.19. The Labute approximate surface area is 148 Å². The van der Waals surface area contributed by atoms with E-state index in [2.05, 4.69) is 5.32 Å². The van der Waals surface area contributed by atoms with Crippen LogP contribution < -0.4 is 5.32 Å². The van der Waals surface area contributed by atoms with Gasteiger partial charge < -0.3 is 19.9 Å². The van der Waals surface area contributed by atoms with Gasteiger partial charge in [0.25, 0.3) is 0 Å². The van der Waals surface area contributed by atoms with Crippen LogP contribution in [0, 0.1) is 0 Å². The van der Waals surface area contributed by atoms with Gasteiger partial charge in [0.2, 0.25) is 0 Å². The highest BCUT2D eigenvalue weighted by Crippen LogP contribution is 2.36. The molecule has 2 rings (SSSR count). The summed E-state index contributed by atoms with van der Waals surface area (Å²) in [5.74, 6) is 0. The largest absolute Gasteiger partial charge is 0.395 e. The SMILES string of the molecule is CC(OC1CCCCO1)c1c(CCNCCO)ccc(Cl)c1Cl. The van der Waals surface area contributed by atoms with Gasteiger partial charge in [-0.1, -0.05) is 29.3 Å². The lowest BCUT2D eigenvalue weighted by molar-refractivity contribution is -0.186. The second-order valence-corrected chi connectivity index (χ2v) is 6.52. The molecular formula is C17H25Cl2NO3. The molecule has 1 aliphatic rings. The van der Waals surface area contributed by atoms with Crippen molar-refractivity contribution in [2.45, 2.75) is 45.0 Å². The second-order valence-electron chi connectivity index (χ2n) is 5.73. The molecule has 0 aromatic heterocycles. The van der Waals surface area contributed by atoms with Crippen molar-refractivity contribution in [1.29, 1.82) is 0 Å². The van der Waals surface area contributed by atoms with Gasteiger partial charge in [-0.15, -0.1) is 0 Å². The number of nitrogens with one attached hydrogen (secondary N) is 1. The normalized spacial score (nSPS) is 19.7. The zero-order valence-corrected chi connectivity index (χ0v) is 15.0. The van der Waals surface area contributed by atoms with E-state index in [0.29, 0.717) is 16.6 Å².